The van der Waals surface area contributed by atoms with Crippen LogP contribution in [0.3, 0.4) is 0 Å². The molecule has 0 aliphatic carbocycles. The third-order valence-electron chi connectivity index (χ3n) is 7.23. The molecule has 0 fully saturated rings. The SMILES string of the molecule is C[C@H](NC(=O)[C@H](CCCCN)NC(=O)[C@H](C)NC(=O)[C@H](CCCCN)NC(=O)[C@H](CCC(=O)O)NC(=O)[C@@H](N)CCCCN)C(=O)O. The zero-order valence-corrected chi connectivity index (χ0v) is 27.4. The Morgan fingerprint density at radius 1 is 0.511 bits per heavy atom. The molecule has 47 heavy (non-hydrogen) atoms. The number of carbonyl (C=O) groups excluding carboxylic acids is 5. The molecule has 18 nitrogen and oxygen atoms in total. The number of carboxylic acid groups (broad SMARTS) is 2. The Balaban J connectivity index is 5.72. The smallest absolute Gasteiger partial charge is 0.325 e. The molecule has 0 rings (SSSR count). The number of hydrogen-bond donors (Lipinski definition) is 11. The average Bonchev–Trinajstić information content (AvgIpc) is 3.01. The molecule has 18 heteroatoms. The molecule has 0 bridgehead atoms. The zero-order chi connectivity index (χ0) is 35.9. The molecule has 0 radical (unpaired) electrons. The van der Waals surface area contributed by atoms with E-state index in [2.05, 4.69) is 26.6 Å². The van der Waals surface area contributed by atoms with Crippen LogP contribution in [0.1, 0.15) is 84.5 Å². The van der Waals surface area contributed by atoms with Crippen molar-refractivity contribution < 1.29 is 43.8 Å². The molecule has 6 atom stereocenters. The van der Waals surface area contributed by atoms with Gasteiger partial charge < -0.3 is 59.7 Å². The van der Waals surface area contributed by atoms with Gasteiger partial charge >= 0.3 is 11.9 Å². The van der Waals surface area contributed by atoms with E-state index in [1.165, 1.54) is 13.8 Å². The van der Waals surface area contributed by atoms with Crippen LogP contribution in [0.4, 0.5) is 0 Å². The summed E-state index contributed by atoms with van der Waals surface area (Å²) in [6.45, 7) is 3.72. The Hall–Kier alpha value is -3.87. The Bertz CT molecular complexity index is 1030. The van der Waals surface area contributed by atoms with Crippen LogP contribution in [-0.4, -0.2) is 108 Å². The molecule has 0 aromatic carbocycles. The molecule has 0 spiro atoms. The molecular weight excluding hydrogens is 618 g/mol. The number of nitrogens with two attached hydrogens (primary N) is 4. The van der Waals surface area contributed by atoms with Gasteiger partial charge in [0, 0.05) is 6.42 Å². The second-order valence-corrected chi connectivity index (χ2v) is 11.4. The second-order valence-electron chi connectivity index (χ2n) is 11.4. The first kappa shape index (κ1) is 43.1. The lowest BCUT2D eigenvalue weighted by Gasteiger charge is -2.26. The Morgan fingerprint density at radius 2 is 0.894 bits per heavy atom. The first-order valence-corrected chi connectivity index (χ1v) is 16.0. The summed E-state index contributed by atoms with van der Waals surface area (Å²) in [7, 11) is 0. The molecular formula is C29H55N9O9. The average molecular weight is 674 g/mol. The van der Waals surface area contributed by atoms with E-state index >= 15 is 0 Å². The standard InChI is InChI=1S/C29H55N9O9/c1-17(24(41)36-20(10-4-7-15-31)27(44)35-18(2)29(46)47)34-26(43)21(11-5-8-16-32)38-28(45)22(12-13-23(39)40)37-25(42)19(33)9-3-6-14-30/h17-22H,3-16,30-33H2,1-2H3,(H,34,43)(H,35,44)(H,36,41)(H,37,42)(H,38,45)(H,39,40)(H,46,47)/t17-,18-,19-,20-,21-,22-/m0/s1. The lowest BCUT2D eigenvalue weighted by molar-refractivity contribution is -0.142. The van der Waals surface area contributed by atoms with Crippen molar-refractivity contribution in [2.75, 3.05) is 19.6 Å². The summed E-state index contributed by atoms with van der Waals surface area (Å²) in [6, 6.07) is -6.96. The van der Waals surface area contributed by atoms with Gasteiger partial charge in [-0.3, -0.25) is 33.6 Å². The fourth-order valence-electron chi connectivity index (χ4n) is 4.30. The summed E-state index contributed by atoms with van der Waals surface area (Å²) in [6.07, 6.45) is 3.02. The van der Waals surface area contributed by atoms with Crippen LogP contribution in [0.15, 0.2) is 0 Å². The predicted octanol–water partition coefficient (Wildman–Crippen LogP) is -2.89. The zero-order valence-electron chi connectivity index (χ0n) is 27.4. The molecule has 0 aliphatic heterocycles. The highest BCUT2D eigenvalue weighted by molar-refractivity contribution is 5.96. The third-order valence-corrected chi connectivity index (χ3v) is 7.23. The van der Waals surface area contributed by atoms with E-state index in [4.69, 9.17) is 33.1 Å². The van der Waals surface area contributed by atoms with E-state index in [1.807, 2.05) is 0 Å². The first-order valence-electron chi connectivity index (χ1n) is 16.0. The van der Waals surface area contributed by atoms with Gasteiger partial charge in [0.1, 0.15) is 30.2 Å². The Kier molecular flexibility index (Phi) is 22.3. The van der Waals surface area contributed by atoms with E-state index in [-0.39, 0.29) is 19.3 Å². The summed E-state index contributed by atoms with van der Waals surface area (Å²) in [5.74, 6) is -6.14. The van der Waals surface area contributed by atoms with E-state index in [9.17, 15) is 33.6 Å². The van der Waals surface area contributed by atoms with Gasteiger partial charge in [-0.2, -0.15) is 0 Å². The number of carboxylic acids is 2. The third kappa shape index (κ3) is 18.8. The molecule has 0 saturated heterocycles. The topological polar surface area (TPSA) is 324 Å². The molecule has 15 N–H and O–H groups in total. The maximum Gasteiger partial charge on any atom is 0.325 e. The number of amides is 5. The van der Waals surface area contributed by atoms with Crippen molar-refractivity contribution in [3.63, 3.8) is 0 Å². The summed E-state index contributed by atoms with van der Waals surface area (Å²) in [5, 5.41) is 30.7. The summed E-state index contributed by atoms with van der Waals surface area (Å²) < 4.78 is 0. The largest absolute Gasteiger partial charge is 0.481 e. The van der Waals surface area contributed by atoms with Crippen molar-refractivity contribution in [1.82, 2.24) is 26.6 Å². The molecule has 0 aromatic rings. The quantitative estimate of drug-likeness (QED) is 0.0411. The first-order chi connectivity index (χ1) is 22.2. The van der Waals surface area contributed by atoms with Crippen molar-refractivity contribution in [3.05, 3.63) is 0 Å². The maximum atomic E-state index is 13.3. The molecule has 0 aliphatic rings. The van der Waals surface area contributed by atoms with Crippen LogP contribution in [0, 0.1) is 0 Å². The number of aliphatic carboxylic acids is 2. The lowest BCUT2D eigenvalue weighted by Crippen LogP contribution is -2.58. The highest BCUT2D eigenvalue weighted by Gasteiger charge is 2.31. The van der Waals surface area contributed by atoms with Gasteiger partial charge in [-0.25, -0.2) is 0 Å². The van der Waals surface area contributed by atoms with E-state index in [1.54, 1.807) is 0 Å². The minimum atomic E-state index is -1.31. The molecule has 0 saturated carbocycles. The summed E-state index contributed by atoms with van der Waals surface area (Å²) in [4.78, 5) is 87.4. The van der Waals surface area contributed by atoms with Crippen molar-refractivity contribution in [3.8, 4) is 0 Å². The predicted molar refractivity (Wildman–Crippen MR) is 172 cm³/mol. The van der Waals surface area contributed by atoms with Crippen molar-refractivity contribution in [2.45, 2.75) is 121 Å². The van der Waals surface area contributed by atoms with Crippen molar-refractivity contribution in [1.29, 1.82) is 0 Å². The monoisotopic (exact) mass is 673 g/mol. The molecule has 0 aromatic heterocycles. The highest BCUT2D eigenvalue weighted by Crippen LogP contribution is 2.07. The van der Waals surface area contributed by atoms with Crippen LogP contribution in [-0.2, 0) is 33.6 Å². The summed E-state index contributed by atoms with van der Waals surface area (Å²) >= 11 is 0. The minimum Gasteiger partial charge on any atom is -0.481 e. The number of unbranched alkanes of at least 4 members (excludes halogenated alkanes) is 3. The van der Waals surface area contributed by atoms with E-state index in [0.29, 0.717) is 64.6 Å². The normalized spacial score (nSPS) is 14.8. The van der Waals surface area contributed by atoms with Crippen LogP contribution >= 0.6 is 0 Å². The number of carbonyl (C=O) groups is 7. The number of nitrogens with one attached hydrogen (secondary N) is 5. The molecule has 0 unspecified atom stereocenters. The van der Waals surface area contributed by atoms with Crippen LogP contribution < -0.4 is 49.5 Å². The van der Waals surface area contributed by atoms with E-state index < -0.39 is 84.1 Å². The van der Waals surface area contributed by atoms with Gasteiger partial charge in [-0.1, -0.05) is 6.42 Å². The van der Waals surface area contributed by atoms with Gasteiger partial charge in [0.15, 0.2) is 0 Å². The van der Waals surface area contributed by atoms with Crippen molar-refractivity contribution >= 4 is 41.5 Å². The summed E-state index contributed by atoms with van der Waals surface area (Å²) in [5.41, 5.74) is 22.5. The fourth-order valence-corrected chi connectivity index (χ4v) is 4.30. The lowest BCUT2D eigenvalue weighted by atomic mass is 10.0. The fraction of sp³-hybridized carbons (Fsp3) is 0.759. The van der Waals surface area contributed by atoms with Crippen LogP contribution in [0.25, 0.3) is 0 Å². The Morgan fingerprint density at radius 3 is 1.34 bits per heavy atom. The van der Waals surface area contributed by atoms with Crippen LogP contribution in [0.5, 0.6) is 0 Å². The number of hydrogen-bond acceptors (Lipinski definition) is 11. The van der Waals surface area contributed by atoms with Gasteiger partial charge in [0.05, 0.1) is 6.04 Å². The molecule has 5 amide bonds. The maximum absolute atomic E-state index is 13.3. The highest BCUT2D eigenvalue weighted by atomic mass is 16.4. The van der Waals surface area contributed by atoms with Crippen LogP contribution in [0.2, 0.25) is 0 Å². The van der Waals surface area contributed by atoms with Crippen molar-refractivity contribution in [2.24, 2.45) is 22.9 Å². The van der Waals surface area contributed by atoms with Gasteiger partial charge in [-0.15, -0.1) is 0 Å². The van der Waals surface area contributed by atoms with Gasteiger partial charge in [0.25, 0.3) is 0 Å². The van der Waals surface area contributed by atoms with Gasteiger partial charge in [0.2, 0.25) is 29.5 Å². The van der Waals surface area contributed by atoms with Gasteiger partial charge in [-0.05, 0) is 91.3 Å². The molecule has 0 heterocycles. The second kappa shape index (κ2) is 24.3. The number of rotatable bonds is 26. The molecule has 270 valence electrons. The van der Waals surface area contributed by atoms with E-state index in [0.717, 1.165) is 0 Å². The Labute approximate surface area is 275 Å². The minimum absolute atomic E-state index is 0.110.